The summed E-state index contributed by atoms with van der Waals surface area (Å²) in [6.45, 7) is 0. The molecule has 0 aromatic carbocycles. The molecular formula is C11H15N3O4S. The van der Waals surface area contributed by atoms with Crippen LogP contribution in [0, 0.1) is 0 Å². The minimum absolute atomic E-state index is 0.0431. The molecule has 0 bridgehead atoms. The smallest absolute Gasteiger partial charge is 0.337 e. The zero-order chi connectivity index (χ0) is 14.0. The fourth-order valence-electron chi connectivity index (χ4n) is 2.08. The predicted octanol–water partition coefficient (Wildman–Crippen LogP) is 0.351. The van der Waals surface area contributed by atoms with E-state index in [1.54, 1.807) is 0 Å². The zero-order valence-corrected chi connectivity index (χ0v) is 11.0. The number of anilines is 2. The Morgan fingerprint density at radius 3 is 2.89 bits per heavy atom. The van der Waals surface area contributed by atoms with E-state index < -0.39 is 15.8 Å². The van der Waals surface area contributed by atoms with Gasteiger partial charge in [0.25, 0.3) is 0 Å². The summed E-state index contributed by atoms with van der Waals surface area (Å²) in [5, 5.41) is 11.9. The first-order valence-corrected chi connectivity index (χ1v) is 7.65. The van der Waals surface area contributed by atoms with Crippen LogP contribution in [0.3, 0.4) is 0 Å². The van der Waals surface area contributed by atoms with Gasteiger partial charge in [0.15, 0.2) is 9.84 Å². The van der Waals surface area contributed by atoms with Crippen LogP contribution in [0.2, 0.25) is 0 Å². The van der Waals surface area contributed by atoms with Crippen molar-refractivity contribution in [2.24, 2.45) is 0 Å². The highest BCUT2D eigenvalue weighted by atomic mass is 32.2. The summed E-state index contributed by atoms with van der Waals surface area (Å²) in [6, 6.07) is 1.08. The monoisotopic (exact) mass is 285 g/mol. The zero-order valence-electron chi connectivity index (χ0n) is 10.2. The number of carbonyl (C=O) groups is 1. The Kier molecular flexibility index (Phi) is 3.61. The summed E-state index contributed by atoms with van der Waals surface area (Å²) in [5.41, 5.74) is 5.53. The van der Waals surface area contributed by atoms with Gasteiger partial charge in [0.05, 0.1) is 29.0 Å². The van der Waals surface area contributed by atoms with Crippen molar-refractivity contribution in [2.75, 3.05) is 22.6 Å². The topological polar surface area (TPSA) is 122 Å². The molecule has 7 nitrogen and oxygen atoms in total. The van der Waals surface area contributed by atoms with Crippen molar-refractivity contribution in [3.63, 3.8) is 0 Å². The van der Waals surface area contributed by atoms with Crippen LogP contribution in [0.4, 0.5) is 11.5 Å². The number of nitrogens with one attached hydrogen (secondary N) is 1. The SMILES string of the molecule is Nc1cnc(NC2CCCS(=O)(=O)C2)cc1C(=O)O. The Balaban J connectivity index is 2.15. The molecule has 1 saturated heterocycles. The number of sulfone groups is 1. The molecule has 0 saturated carbocycles. The molecule has 1 unspecified atom stereocenters. The quantitative estimate of drug-likeness (QED) is 0.732. The van der Waals surface area contributed by atoms with Crippen LogP contribution in [-0.2, 0) is 9.84 Å². The van der Waals surface area contributed by atoms with E-state index in [9.17, 15) is 13.2 Å². The molecule has 0 aliphatic carbocycles. The van der Waals surface area contributed by atoms with E-state index in [1.807, 2.05) is 0 Å². The van der Waals surface area contributed by atoms with E-state index in [4.69, 9.17) is 10.8 Å². The van der Waals surface area contributed by atoms with E-state index in [1.165, 1.54) is 12.3 Å². The van der Waals surface area contributed by atoms with E-state index in [2.05, 4.69) is 10.3 Å². The first kappa shape index (κ1) is 13.6. The van der Waals surface area contributed by atoms with Crippen LogP contribution in [0.25, 0.3) is 0 Å². The fraction of sp³-hybridized carbons (Fsp3) is 0.455. The van der Waals surface area contributed by atoms with Crippen LogP contribution < -0.4 is 11.1 Å². The van der Waals surface area contributed by atoms with Gasteiger partial charge in [-0.1, -0.05) is 0 Å². The third-order valence-corrected chi connectivity index (χ3v) is 4.80. The number of hydrogen-bond donors (Lipinski definition) is 3. The van der Waals surface area contributed by atoms with Crippen LogP contribution >= 0.6 is 0 Å². The first-order chi connectivity index (χ1) is 8.87. The lowest BCUT2D eigenvalue weighted by atomic mass is 10.1. The molecule has 0 amide bonds. The number of nitrogen functional groups attached to an aromatic ring is 1. The lowest BCUT2D eigenvalue weighted by Crippen LogP contribution is -2.35. The number of nitrogens with two attached hydrogens (primary N) is 1. The molecule has 1 aliphatic rings. The number of carboxylic acids is 1. The number of carboxylic acid groups (broad SMARTS) is 1. The average molecular weight is 285 g/mol. The van der Waals surface area contributed by atoms with Crippen LogP contribution in [0.5, 0.6) is 0 Å². The number of rotatable bonds is 3. The summed E-state index contributed by atoms with van der Waals surface area (Å²) in [6.07, 6.45) is 2.57. The van der Waals surface area contributed by atoms with Crippen molar-refractivity contribution in [3.8, 4) is 0 Å². The fourth-order valence-corrected chi connectivity index (χ4v) is 3.71. The average Bonchev–Trinajstić information content (AvgIpc) is 2.30. The van der Waals surface area contributed by atoms with Crippen molar-refractivity contribution in [1.82, 2.24) is 4.98 Å². The van der Waals surface area contributed by atoms with Crippen LogP contribution in [-0.4, -0.2) is 42.0 Å². The summed E-state index contributed by atoms with van der Waals surface area (Å²) in [5.74, 6) is -0.560. The Hall–Kier alpha value is -1.83. The molecule has 8 heteroatoms. The van der Waals surface area contributed by atoms with Gasteiger partial charge in [-0.25, -0.2) is 18.2 Å². The van der Waals surface area contributed by atoms with Crippen molar-refractivity contribution < 1.29 is 18.3 Å². The van der Waals surface area contributed by atoms with Crippen molar-refractivity contribution in [3.05, 3.63) is 17.8 Å². The summed E-state index contributed by atoms with van der Waals surface area (Å²) in [7, 11) is -3.02. The van der Waals surface area contributed by atoms with Gasteiger partial charge in [0.2, 0.25) is 0 Å². The van der Waals surface area contributed by atoms with Gasteiger partial charge in [0, 0.05) is 6.04 Å². The maximum atomic E-state index is 11.5. The highest BCUT2D eigenvalue weighted by Crippen LogP contribution is 2.19. The normalized spacial score (nSPS) is 21.8. The minimum Gasteiger partial charge on any atom is -0.478 e. The largest absolute Gasteiger partial charge is 0.478 e. The van der Waals surface area contributed by atoms with Gasteiger partial charge in [-0.2, -0.15) is 0 Å². The van der Waals surface area contributed by atoms with Crippen LogP contribution in [0.1, 0.15) is 23.2 Å². The van der Waals surface area contributed by atoms with Gasteiger partial charge in [0.1, 0.15) is 5.82 Å². The number of aromatic carboxylic acids is 1. The van der Waals surface area contributed by atoms with Crippen molar-refractivity contribution in [1.29, 1.82) is 0 Å². The highest BCUT2D eigenvalue weighted by molar-refractivity contribution is 7.91. The molecular weight excluding hydrogens is 270 g/mol. The number of nitrogens with zero attached hydrogens (tertiary/aromatic N) is 1. The molecule has 0 radical (unpaired) electrons. The number of pyridine rings is 1. The van der Waals surface area contributed by atoms with E-state index in [0.29, 0.717) is 18.7 Å². The third kappa shape index (κ3) is 3.34. The Bertz CT molecular complexity index is 600. The Morgan fingerprint density at radius 1 is 1.53 bits per heavy atom. The Labute approximate surface area is 110 Å². The first-order valence-electron chi connectivity index (χ1n) is 5.83. The van der Waals surface area contributed by atoms with E-state index >= 15 is 0 Å². The van der Waals surface area contributed by atoms with Gasteiger partial charge >= 0.3 is 5.97 Å². The molecule has 1 atom stereocenters. The lowest BCUT2D eigenvalue weighted by molar-refractivity contribution is 0.0698. The third-order valence-electron chi connectivity index (χ3n) is 2.98. The molecule has 1 aromatic heterocycles. The highest BCUT2D eigenvalue weighted by Gasteiger charge is 2.25. The molecule has 1 fully saturated rings. The number of aromatic nitrogens is 1. The summed E-state index contributed by atoms with van der Waals surface area (Å²) in [4.78, 5) is 14.9. The number of hydrogen-bond acceptors (Lipinski definition) is 6. The second-order valence-corrected chi connectivity index (χ2v) is 6.79. The molecule has 104 valence electrons. The predicted molar refractivity (Wildman–Crippen MR) is 70.9 cm³/mol. The van der Waals surface area contributed by atoms with Crippen molar-refractivity contribution in [2.45, 2.75) is 18.9 Å². The second-order valence-electron chi connectivity index (χ2n) is 4.56. The molecule has 0 spiro atoms. The molecule has 2 heterocycles. The van der Waals surface area contributed by atoms with Crippen LogP contribution in [0.15, 0.2) is 12.3 Å². The maximum Gasteiger partial charge on any atom is 0.337 e. The van der Waals surface area contributed by atoms with E-state index in [-0.39, 0.29) is 28.8 Å². The standard InChI is InChI=1S/C11H15N3O4S/c12-9-5-13-10(4-8(9)11(15)16)14-7-2-1-3-19(17,18)6-7/h4-5,7H,1-3,6,12H2,(H,13,14)(H,15,16). The molecule has 1 aliphatic heterocycles. The molecule has 19 heavy (non-hydrogen) atoms. The van der Waals surface area contributed by atoms with E-state index in [0.717, 1.165) is 0 Å². The van der Waals surface area contributed by atoms with Gasteiger partial charge in [-0.3, -0.25) is 0 Å². The van der Waals surface area contributed by atoms with Gasteiger partial charge < -0.3 is 16.2 Å². The lowest BCUT2D eigenvalue weighted by Gasteiger charge is -2.23. The Morgan fingerprint density at radius 2 is 2.26 bits per heavy atom. The maximum absolute atomic E-state index is 11.5. The molecule has 4 N–H and O–H groups in total. The molecule has 2 rings (SSSR count). The minimum atomic E-state index is -3.02. The van der Waals surface area contributed by atoms with Crippen molar-refractivity contribution >= 4 is 27.3 Å². The van der Waals surface area contributed by atoms with Gasteiger partial charge in [-0.05, 0) is 18.9 Å². The van der Waals surface area contributed by atoms with Gasteiger partial charge in [-0.15, -0.1) is 0 Å². The molecule has 1 aromatic rings. The second kappa shape index (κ2) is 5.04. The summed E-state index contributed by atoms with van der Waals surface area (Å²) >= 11 is 0. The summed E-state index contributed by atoms with van der Waals surface area (Å²) < 4.78 is 23.0.